The van der Waals surface area contributed by atoms with Crippen LogP contribution >= 0.6 is 0 Å². The predicted molar refractivity (Wildman–Crippen MR) is 137 cm³/mol. The number of ketones is 1. The van der Waals surface area contributed by atoms with Crippen LogP contribution in [0.2, 0.25) is 0 Å². The number of hydrogen-bond acceptors (Lipinski definition) is 1. The molecule has 0 radical (unpaired) electrons. The van der Waals surface area contributed by atoms with Gasteiger partial charge in [0.1, 0.15) is 0 Å². The quantitative estimate of drug-likeness (QED) is 0.445. The average molecular weight is 421 g/mol. The lowest BCUT2D eigenvalue weighted by Crippen LogP contribution is -2.27. The van der Waals surface area contributed by atoms with Gasteiger partial charge in [0, 0.05) is 11.1 Å². The minimum Gasteiger partial charge on any atom is -0.289 e. The Morgan fingerprint density at radius 2 is 0.968 bits per heavy atom. The number of rotatable bonds is 1. The van der Waals surface area contributed by atoms with Gasteiger partial charge in [-0.25, -0.2) is 0 Å². The van der Waals surface area contributed by atoms with Crippen LogP contribution in [0.4, 0.5) is 0 Å². The van der Waals surface area contributed by atoms with E-state index in [4.69, 9.17) is 0 Å². The van der Waals surface area contributed by atoms with Crippen LogP contribution in [-0.2, 0) is 15.6 Å². The third-order valence-electron chi connectivity index (χ3n) is 6.11. The fourth-order valence-electron chi connectivity index (χ4n) is 4.42. The molecule has 0 bridgehead atoms. The summed E-state index contributed by atoms with van der Waals surface area (Å²) in [5.74, 6) is 0.187. The zero-order valence-corrected chi connectivity index (χ0v) is 22.3. The fraction of sp³-hybridized carbons (Fsp3) is 0.567. The Kier molecular flexibility index (Phi) is 6.47. The molecule has 1 aromatic rings. The van der Waals surface area contributed by atoms with E-state index >= 15 is 0 Å². The summed E-state index contributed by atoms with van der Waals surface area (Å²) in [7, 11) is 0. The van der Waals surface area contributed by atoms with Gasteiger partial charge in [0.25, 0.3) is 0 Å². The lowest BCUT2D eigenvalue weighted by atomic mass is 9.71. The van der Waals surface area contributed by atoms with Crippen molar-refractivity contribution in [1.82, 2.24) is 0 Å². The van der Waals surface area contributed by atoms with Crippen LogP contribution in [0.3, 0.4) is 0 Å². The molecule has 0 aromatic heterocycles. The summed E-state index contributed by atoms with van der Waals surface area (Å²) in [5.41, 5.74) is 8.02. The van der Waals surface area contributed by atoms with E-state index in [0.29, 0.717) is 0 Å². The smallest absolute Gasteiger partial charge is 0.186 e. The Morgan fingerprint density at radius 1 is 0.613 bits per heavy atom. The van der Waals surface area contributed by atoms with Crippen molar-refractivity contribution in [2.45, 2.75) is 101 Å². The summed E-state index contributed by atoms with van der Waals surface area (Å²) >= 11 is 0. The second kappa shape index (κ2) is 7.91. The van der Waals surface area contributed by atoms with Crippen molar-refractivity contribution >= 4 is 11.9 Å². The van der Waals surface area contributed by atoms with Gasteiger partial charge in [0.15, 0.2) is 5.78 Å². The molecule has 170 valence electrons. The van der Waals surface area contributed by atoms with Crippen LogP contribution in [0.1, 0.15) is 105 Å². The molecular formula is C30H44O. The number of carbonyl (C=O) groups is 1. The first-order valence-corrected chi connectivity index (χ1v) is 11.6. The molecule has 0 unspecified atom stereocenters. The molecule has 0 spiro atoms. The highest BCUT2D eigenvalue weighted by Crippen LogP contribution is 2.40. The summed E-state index contributed by atoms with van der Waals surface area (Å²) in [6.07, 6.45) is 6.46. The van der Waals surface area contributed by atoms with Crippen LogP contribution in [0.15, 0.2) is 41.0 Å². The van der Waals surface area contributed by atoms with Gasteiger partial charge in [-0.15, -0.1) is 0 Å². The van der Waals surface area contributed by atoms with E-state index < -0.39 is 0 Å². The molecule has 1 aromatic carbocycles. The zero-order chi connectivity index (χ0) is 24.2. The first-order chi connectivity index (χ1) is 13.7. The van der Waals surface area contributed by atoms with E-state index in [1.165, 1.54) is 22.3 Å². The minimum absolute atomic E-state index is 0.0694. The molecule has 0 N–H and O–H groups in total. The number of Topliss-reactive ketones (excluding diaryl/α,β-unsaturated/α-hetero) is 1. The van der Waals surface area contributed by atoms with E-state index in [1.54, 1.807) is 0 Å². The first-order valence-electron chi connectivity index (χ1n) is 11.6. The zero-order valence-electron chi connectivity index (χ0n) is 22.3. The molecule has 0 amide bonds. The summed E-state index contributed by atoms with van der Waals surface area (Å²) in [6, 6.07) is 4.67. The van der Waals surface area contributed by atoms with Crippen molar-refractivity contribution in [3.05, 3.63) is 63.3 Å². The van der Waals surface area contributed by atoms with Crippen LogP contribution in [0, 0.1) is 17.8 Å². The number of allylic oxidation sites excluding steroid dienone is 5. The summed E-state index contributed by atoms with van der Waals surface area (Å²) < 4.78 is 0. The summed E-state index contributed by atoms with van der Waals surface area (Å²) in [5, 5.41) is 0. The average Bonchev–Trinajstić information content (AvgIpc) is 2.53. The Labute approximate surface area is 191 Å². The lowest BCUT2D eigenvalue weighted by Gasteiger charge is -2.31. The molecule has 0 fully saturated rings. The van der Waals surface area contributed by atoms with Crippen LogP contribution in [-0.4, -0.2) is 5.78 Å². The normalized spacial score (nSPS) is 16.3. The van der Waals surface area contributed by atoms with Crippen molar-refractivity contribution in [3.8, 4) is 0 Å². The Morgan fingerprint density at radius 3 is 1.26 bits per heavy atom. The van der Waals surface area contributed by atoms with Crippen molar-refractivity contribution in [3.63, 3.8) is 0 Å². The molecule has 1 aliphatic rings. The maximum absolute atomic E-state index is 13.3. The standard InChI is InChI=1S/C30H44O/c1-19-22(27(2,3)4)15-20(16-23(19)28(5,6)7)14-21-17-24(29(8,9)10)26(31)25(18-21)30(11,12)13/h14-18H,1-13H3. The van der Waals surface area contributed by atoms with E-state index in [9.17, 15) is 4.79 Å². The fourth-order valence-corrected chi connectivity index (χ4v) is 4.42. The molecule has 1 aliphatic carbocycles. The molecule has 0 saturated carbocycles. The second-order valence-electron chi connectivity index (χ2n) is 13.3. The van der Waals surface area contributed by atoms with Crippen molar-refractivity contribution < 1.29 is 4.79 Å². The van der Waals surface area contributed by atoms with Gasteiger partial charge in [-0.2, -0.15) is 0 Å². The number of benzene rings is 1. The first kappa shape index (κ1) is 25.4. The molecule has 1 nitrogen and oxygen atoms in total. The molecule has 2 rings (SSSR count). The van der Waals surface area contributed by atoms with Crippen LogP contribution < -0.4 is 0 Å². The highest BCUT2D eigenvalue weighted by atomic mass is 16.1. The van der Waals surface area contributed by atoms with E-state index in [-0.39, 0.29) is 27.4 Å². The number of hydrogen-bond donors (Lipinski definition) is 0. The van der Waals surface area contributed by atoms with Crippen LogP contribution in [0.25, 0.3) is 6.08 Å². The maximum Gasteiger partial charge on any atom is 0.186 e. The monoisotopic (exact) mass is 420 g/mol. The van der Waals surface area contributed by atoms with Gasteiger partial charge in [0.2, 0.25) is 0 Å². The van der Waals surface area contributed by atoms with Gasteiger partial charge < -0.3 is 0 Å². The molecule has 0 saturated heterocycles. The van der Waals surface area contributed by atoms with E-state index in [2.05, 4.69) is 120 Å². The highest BCUT2D eigenvalue weighted by molar-refractivity contribution is 6.12. The number of carbonyl (C=O) groups excluding carboxylic acids is 1. The molecule has 31 heavy (non-hydrogen) atoms. The molecule has 0 atom stereocenters. The third-order valence-corrected chi connectivity index (χ3v) is 6.11. The predicted octanol–water partition coefficient (Wildman–Crippen LogP) is 8.50. The highest BCUT2D eigenvalue weighted by Gasteiger charge is 2.34. The van der Waals surface area contributed by atoms with Gasteiger partial charge in [-0.3, -0.25) is 4.79 Å². The second-order valence-corrected chi connectivity index (χ2v) is 13.3. The Hall–Kier alpha value is -1.89. The van der Waals surface area contributed by atoms with E-state index in [0.717, 1.165) is 16.7 Å². The minimum atomic E-state index is -0.193. The van der Waals surface area contributed by atoms with Gasteiger partial charge in [-0.1, -0.05) is 95.2 Å². The van der Waals surface area contributed by atoms with E-state index in [1.807, 2.05) is 0 Å². The SMILES string of the molecule is Cc1c(C(C)(C)C)cc(C=C2C=C(C(C)(C)C)C(=O)C(C(C)(C)C)=C2)cc1C(C)(C)C. The molecule has 1 heteroatoms. The van der Waals surface area contributed by atoms with Gasteiger partial charge >= 0.3 is 0 Å². The Balaban J connectivity index is 2.81. The van der Waals surface area contributed by atoms with Crippen LogP contribution in [0.5, 0.6) is 0 Å². The summed E-state index contributed by atoms with van der Waals surface area (Å²) in [4.78, 5) is 13.3. The molecular weight excluding hydrogens is 376 g/mol. The Bertz CT molecular complexity index is 894. The van der Waals surface area contributed by atoms with Gasteiger partial charge in [0.05, 0.1) is 0 Å². The van der Waals surface area contributed by atoms with Crippen molar-refractivity contribution in [2.24, 2.45) is 10.8 Å². The maximum atomic E-state index is 13.3. The van der Waals surface area contributed by atoms with Gasteiger partial charge in [-0.05, 0) is 74.6 Å². The third kappa shape index (κ3) is 5.68. The van der Waals surface area contributed by atoms with Crippen molar-refractivity contribution in [2.75, 3.05) is 0 Å². The molecule has 0 heterocycles. The lowest BCUT2D eigenvalue weighted by molar-refractivity contribution is -0.114. The molecule has 0 aliphatic heterocycles. The largest absolute Gasteiger partial charge is 0.289 e. The van der Waals surface area contributed by atoms with Crippen molar-refractivity contribution in [1.29, 1.82) is 0 Å². The topological polar surface area (TPSA) is 17.1 Å². The summed E-state index contributed by atoms with van der Waals surface area (Å²) in [6.45, 7) is 28.7.